The standard InChI is InChI=1S/2C6H14O.2CH4O/c2*1-2-3-4-5-6-7;2*1-2/h2*7H,2-6H2,1H3;2*2H,1H3. The first kappa shape index (κ1) is 26.4. The van der Waals surface area contributed by atoms with Gasteiger partial charge in [-0.2, -0.15) is 0 Å². The van der Waals surface area contributed by atoms with E-state index in [1.807, 2.05) is 0 Å². The summed E-state index contributed by atoms with van der Waals surface area (Å²) in [5.41, 5.74) is 0. The van der Waals surface area contributed by atoms with Crippen molar-refractivity contribution in [3.63, 3.8) is 0 Å². The summed E-state index contributed by atoms with van der Waals surface area (Å²) in [6, 6.07) is 0. The highest BCUT2D eigenvalue weighted by Crippen LogP contribution is 1.96. The lowest BCUT2D eigenvalue weighted by atomic mass is 10.2. The maximum Gasteiger partial charge on any atom is 0.0431 e. The number of rotatable bonds is 8. The number of hydrogen-bond donors (Lipinski definition) is 4. The maximum absolute atomic E-state index is 8.29. The Morgan fingerprint density at radius 2 is 0.778 bits per heavy atom. The topological polar surface area (TPSA) is 80.9 Å². The van der Waals surface area contributed by atoms with Crippen LogP contribution in [-0.2, 0) is 0 Å². The van der Waals surface area contributed by atoms with Crippen LogP contribution in [0.15, 0.2) is 0 Å². The molecule has 0 aliphatic carbocycles. The third-order valence-electron chi connectivity index (χ3n) is 2.02. The summed E-state index contributed by atoms with van der Waals surface area (Å²) in [4.78, 5) is 0. The minimum Gasteiger partial charge on any atom is -0.400 e. The molecule has 4 heteroatoms. The molecule has 0 saturated carbocycles. The second-order valence-corrected chi connectivity index (χ2v) is 3.57. The molecule has 0 rings (SSSR count). The van der Waals surface area contributed by atoms with E-state index in [0.717, 1.165) is 27.1 Å². The molecule has 18 heavy (non-hydrogen) atoms. The molecule has 0 aromatic carbocycles. The first-order valence-electron chi connectivity index (χ1n) is 6.94. The zero-order valence-corrected chi connectivity index (χ0v) is 12.9. The van der Waals surface area contributed by atoms with Crippen LogP contribution in [0.5, 0.6) is 0 Å². The summed E-state index contributed by atoms with van der Waals surface area (Å²) in [5.74, 6) is 0. The molecule has 0 aliphatic rings. The van der Waals surface area contributed by atoms with Gasteiger partial charge in [-0.15, -0.1) is 0 Å². The van der Waals surface area contributed by atoms with Gasteiger partial charge in [-0.25, -0.2) is 0 Å². The summed E-state index contributed by atoms with van der Waals surface area (Å²) in [6.07, 6.45) is 9.36. The van der Waals surface area contributed by atoms with Gasteiger partial charge in [0.2, 0.25) is 0 Å². The Bertz CT molecular complexity index is 62.2. The molecular formula is C14H36O4. The molecule has 0 fully saturated rings. The first-order valence-corrected chi connectivity index (χ1v) is 6.94. The van der Waals surface area contributed by atoms with E-state index in [-0.39, 0.29) is 0 Å². The summed E-state index contributed by atoms with van der Waals surface area (Å²) in [7, 11) is 2.00. The van der Waals surface area contributed by atoms with Crippen LogP contribution in [0.3, 0.4) is 0 Å². The van der Waals surface area contributed by atoms with Crippen molar-refractivity contribution in [3.8, 4) is 0 Å². The lowest BCUT2D eigenvalue weighted by Gasteiger charge is -1.90. The average molecular weight is 268 g/mol. The highest BCUT2D eigenvalue weighted by Gasteiger charge is 1.81. The Morgan fingerprint density at radius 3 is 0.944 bits per heavy atom. The summed E-state index contributed by atoms with van der Waals surface area (Å²) in [6.45, 7) is 5.05. The highest BCUT2D eigenvalue weighted by molar-refractivity contribution is 4.36. The van der Waals surface area contributed by atoms with Gasteiger partial charge in [0.25, 0.3) is 0 Å². The van der Waals surface area contributed by atoms with E-state index in [0.29, 0.717) is 13.2 Å². The lowest BCUT2D eigenvalue weighted by Crippen LogP contribution is -1.80. The summed E-state index contributed by atoms with van der Waals surface area (Å²) >= 11 is 0. The van der Waals surface area contributed by atoms with Gasteiger partial charge >= 0.3 is 0 Å². The van der Waals surface area contributed by atoms with Crippen LogP contribution in [0.2, 0.25) is 0 Å². The van der Waals surface area contributed by atoms with Crippen molar-refractivity contribution in [2.45, 2.75) is 65.2 Å². The zero-order valence-electron chi connectivity index (χ0n) is 12.9. The van der Waals surface area contributed by atoms with Gasteiger partial charge in [0, 0.05) is 27.4 Å². The quantitative estimate of drug-likeness (QED) is 0.509. The van der Waals surface area contributed by atoms with Crippen LogP contribution >= 0.6 is 0 Å². The molecule has 0 unspecified atom stereocenters. The second-order valence-electron chi connectivity index (χ2n) is 3.57. The molecule has 0 radical (unpaired) electrons. The third kappa shape index (κ3) is 56.8. The fourth-order valence-corrected chi connectivity index (χ4v) is 1.08. The van der Waals surface area contributed by atoms with Gasteiger partial charge in [-0.1, -0.05) is 52.4 Å². The third-order valence-corrected chi connectivity index (χ3v) is 2.02. The molecular weight excluding hydrogens is 232 g/mol. The van der Waals surface area contributed by atoms with Gasteiger partial charge in [-0.3, -0.25) is 0 Å². The van der Waals surface area contributed by atoms with Crippen LogP contribution in [0.4, 0.5) is 0 Å². The van der Waals surface area contributed by atoms with Crippen molar-refractivity contribution in [1.82, 2.24) is 0 Å². The molecule has 0 saturated heterocycles. The maximum atomic E-state index is 8.29. The summed E-state index contributed by atoms with van der Waals surface area (Å²) < 4.78 is 0. The predicted octanol–water partition coefficient (Wildman–Crippen LogP) is 2.34. The molecule has 0 amide bonds. The molecule has 4 nitrogen and oxygen atoms in total. The largest absolute Gasteiger partial charge is 0.400 e. The predicted molar refractivity (Wildman–Crippen MR) is 78.7 cm³/mol. The smallest absolute Gasteiger partial charge is 0.0431 e. The molecule has 0 bridgehead atoms. The molecule has 0 spiro atoms. The Morgan fingerprint density at radius 1 is 0.500 bits per heavy atom. The number of hydrogen-bond acceptors (Lipinski definition) is 4. The minimum absolute atomic E-state index is 0.361. The molecule has 0 aromatic heterocycles. The highest BCUT2D eigenvalue weighted by atomic mass is 16.3. The van der Waals surface area contributed by atoms with E-state index >= 15 is 0 Å². The fourth-order valence-electron chi connectivity index (χ4n) is 1.08. The van der Waals surface area contributed by atoms with E-state index in [1.165, 1.54) is 38.5 Å². The minimum atomic E-state index is 0.361. The Labute approximate surface area is 114 Å². The van der Waals surface area contributed by atoms with Crippen molar-refractivity contribution in [1.29, 1.82) is 0 Å². The monoisotopic (exact) mass is 268 g/mol. The van der Waals surface area contributed by atoms with Crippen molar-refractivity contribution >= 4 is 0 Å². The van der Waals surface area contributed by atoms with Crippen molar-refractivity contribution in [3.05, 3.63) is 0 Å². The van der Waals surface area contributed by atoms with Crippen LogP contribution in [0, 0.1) is 0 Å². The Balaban J connectivity index is -0.0000000851. The number of aliphatic hydroxyl groups excluding tert-OH is 4. The normalized spacial score (nSPS) is 8.00. The van der Waals surface area contributed by atoms with E-state index in [9.17, 15) is 0 Å². The average Bonchev–Trinajstić information content (AvgIpc) is 2.45. The molecule has 0 heterocycles. The van der Waals surface area contributed by atoms with Crippen molar-refractivity contribution in [2.75, 3.05) is 27.4 Å². The van der Waals surface area contributed by atoms with Gasteiger partial charge in [0.1, 0.15) is 0 Å². The molecule has 0 aliphatic heterocycles. The van der Waals surface area contributed by atoms with E-state index < -0.39 is 0 Å². The van der Waals surface area contributed by atoms with Crippen LogP contribution < -0.4 is 0 Å². The molecule has 0 atom stereocenters. The van der Waals surface area contributed by atoms with Gasteiger partial charge in [0.05, 0.1) is 0 Å². The second kappa shape index (κ2) is 43.6. The zero-order chi connectivity index (χ0) is 15.1. The van der Waals surface area contributed by atoms with E-state index in [2.05, 4.69) is 13.8 Å². The van der Waals surface area contributed by atoms with Crippen LogP contribution in [0.1, 0.15) is 65.2 Å². The Kier molecular flexibility index (Phi) is 64.0. The summed E-state index contributed by atoms with van der Waals surface area (Å²) in [5, 5.41) is 30.6. The molecule has 4 N–H and O–H groups in total. The first-order chi connectivity index (χ1) is 8.83. The van der Waals surface area contributed by atoms with Crippen molar-refractivity contribution in [2.24, 2.45) is 0 Å². The molecule has 116 valence electrons. The lowest BCUT2D eigenvalue weighted by molar-refractivity contribution is 0.282. The van der Waals surface area contributed by atoms with E-state index in [4.69, 9.17) is 20.4 Å². The van der Waals surface area contributed by atoms with Gasteiger partial charge < -0.3 is 20.4 Å². The SMILES string of the molecule is CCCCCCO.CCCCCCO.CO.CO. The van der Waals surface area contributed by atoms with Crippen LogP contribution in [0.25, 0.3) is 0 Å². The number of unbranched alkanes of at least 4 members (excludes halogenated alkanes) is 6. The van der Waals surface area contributed by atoms with E-state index in [1.54, 1.807) is 0 Å². The fraction of sp³-hybridized carbons (Fsp3) is 1.00. The number of aliphatic hydroxyl groups is 4. The van der Waals surface area contributed by atoms with Crippen LogP contribution in [-0.4, -0.2) is 47.9 Å². The Hall–Kier alpha value is -0.160. The van der Waals surface area contributed by atoms with Gasteiger partial charge in [0.15, 0.2) is 0 Å². The van der Waals surface area contributed by atoms with Gasteiger partial charge in [-0.05, 0) is 12.8 Å². The molecule has 0 aromatic rings. The van der Waals surface area contributed by atoms with Crippen molar-refractivity contribution < 1.29 is 20.4 Å².